The molecule has 26 heavy (non-hydrogen) atoms. The second kappa shape index (κ2) is 6.91. The van der Waals surface area contributed by atoms with E-state index >= 15 is 0 Å². The zero-order valence-electron chi connectivity index (χ0n) is 14.0. The van der Waals surface area contributed by atoms with Crippen LogP contribution >= 0.6 is 0 Å². The molecule has 1 aromatic carbocycles. The number of nitrogens with one attached hydrogen (secondary N) is 2. The number of amides is 3. The minimum Gasteiger partial charge on any atom is -0.486 e. The molecule has 0 atom stereocenters. The highest BCUT2D eigenvalue weighted by atomic mass is 16.6. The molecule has 8 heteroatoms. The van der Waals surface area contributed by atoms with Gasteiger partial charge in [0.1, 0.15) is 13.2 Å². The summed E-state index contributed by atoms with van der Waals surface area (Å²) in [7, 11) is 0. The summed E-state index contributed by atoms with van der Waals surface area (Å²) in [5.74, 6) is 1.63. The Hall–Kier alpha value is -3.29. The van der Waals surface area contributed by atoms with E-state index in [1.165, 1.54) is 0 Å². The van der Waals surface area contributed by atoms with Crippen molar-refractivity contribution in [2.75, 3.05) is 35.3 Å². The van der Waals surface area contributed by atoms with Crippen LogP contribution in [0.3, 0.4) is 0 Å². The smallest absolute Gasteiger partial charge is 0.324 e. The lowest BCUT2D eigenvalue weighted by atomic mass is 10.2. The summed E-state index contributed by atoms with van der Waals surface area (Å²) in [5, 5.41) is 5.45. The van der Waals surface area contributed by atoms with Crippen LogP contribution in [0.15, 0.2) is 36.5 Å². The molecule has 2 aliphatic rings. The summed E-state index contributed by atoms with van der Waals surface area (Å²) >= 11 is 0. The van der Waals surface area contributed by atoms with Crippen LogP contribution in [0.2, 0.25) is 0 Å². The molecular formula is C18H18N4O4. The first-order valence-corrected chi connectivity index (χ1v) is 8.44. The molecule has 0 bridgehead atoms. The van der Waals surface area contributed by atoms with E-state index in [1.54, 1.807) is 41.4 Å². The second-order valence-electron chi connectivity index (χ2n) is 5.96. The van der Waals surface area contributed by atoms with Crippen LogP contribution in [0.5, 0.6) is 11.5 Å². The number of anilines is 3. The van der Waals surface area contributed by atoms with Crippen molar-refractivity contribution in [1.82, 2.24) is 4.98 Å². The van der Waals surface area contributed by atoms with Crippen LogP contribution in [0, 0.1) is 0 Å². The summed E-state index contributed by atoms with van der Waals surface area (Å²) in [6.45, 7) is 1.62. The van der Waals surface area contributed by atoms with E-state index in [2.05, 4.69) is 15.6 Å². The molecule has 0 radical (unpaired) electrons. The Morgan fingerprint density at radius 1 is 1.12 bits per heavy atom. The predicted molar refractivity (Wildman–Crippen MR) is 95.9 cm³/mol. The van der Waals surface area contributed by atoms with E-state index in [1.807, 2.05) is 0 Å². The van der Waals surface area contributed by atoms with Crippen LogP contribution in [0.1, 0.15) is 12.8 Å². The second-order valence-corrected chi connectivity index (χ2v) is 5.96. The summed E-state index contributed by atoms with van der Waals surface area (Å²) in [4.78, 5) is 30.2. The largest absolute Gasteiger partial charge is 0.486 e. The molecule has 2 aliphatic heterocycles. The average Bonchev–Trinajstić information content (AvgIpc) is 3.08. The van der Waals surface area contributed by atoms with Gasteiger partial charge in [-0.2, -0.15) is 0 Å². The molecule has 3 amide bonds. The third-order valence-corrected chi connectivity index (χ3v) is 4.18. The lowest BCUT2D eigenvalue weighted by Crippen LogP contribution is -2.27. The molecule has 1 aromatic heterocycles. The Morgan fingerprint density at radius 3 is 2.77 bits per heavy atom. The van der Waals surface area contributed by atoms with Crippen molar-refractivity contribution >= 4 is 29.1 Å². The first-order chi connectivity index (χ1) is 12.7. The van der Waals surface area contributed by atoms with Gasteiger partial charge in [0.2, 0.25) is 5.91 Å². The van der Waals surface area contributed by atoms with Gasteiger partial charge in [-0.3, -0.25) is 10.1 Å². The molecule has 1 fully saturated rings. The van der Waals surface area contributed by atoms with Gasteiger partial charge < -0.3 is 19.7 Å². The van der Waals surface area contributed by atoms with Gasteiger partial charge in [-0.15, -0.1) is 0 Å². The first-order valence-electron chi connectivity index (χ1n) is 8.44. The van der Waals surface area contributed by atoms with Gasteiger partial charge in [0.25, 0.3) is 0 Å². The molecule has 2 aromatic rings. The minimum atomic E-state index is -0.451. The molecule has 0 aliphatic carbocycles. The van der Waals surface area contributed by atoms with Gasteiger partial charge in [0, 0.05) is 30.9 Å². The monoisotopic (exact) mass is 354 g/mol. The zero-order chi connectivity index (χ0) is 17.9. The van der Waals surface area contributed by atoms with Gasteiger partial charge >= 0.3 is 6.03 Å². The Morgan fingerprint density at radius 2 is 1.96 bits per heavy atom. The lowest BCUT2D eigenvalue weighted by molar-refractivity contribution is -0.117. The number of pyridine rings is 1. The van der Waals surface area contributed by atoms with Crippen molar-refractivity contribution in [2.24, 2.45) is 0 Å². The number of urea groups is 1. The molecule has 3 heterocycles. The maximum atomic E-state index is 12.4. The van der Waals surface area contributed by atoms with Gasteiger partial charge in [0.15, 0.2) is 17.3 Å². The number of aromatic nitrogens is 1. The van der Waals surface area contributed by atoms with Crippen LogP contribution in [0.4, 0.5) is 22.0 Å². The number of benzene rings is 1. The maximum absolute atomic E-state index is 12.4. The van der Waals surface area contributed by atoms with Crippen molar-refractivity contribution in [3.05, 3.63) is 36.5 Å². The summed E-state index contributed by atoms with van der Waals surface area (Å²) in [6.07, 6.45) is 2.89. The Kier molecular flexibility index (Phi) is 4.30. The van der Waals surface area contributed by atoms with Crippen molar-refractivity contribution in [2.45, 2.75) is 12.8 Å². The van der Waals surface area contributed by atoms with Crippen LogP contribution < -0.4 is 25.0 Å². The molecule has 1 saturated heterocycles. The molecule has 2 N–H and O–H groups in total. The number of hydrogen-bond acceptors (Lipinski definition) is 5. The number of ether oxygens (including phenoxy) is 2. The van der Waals surface area contributed by atoms with Crippen LogP contribution in [-0.4, -0.2) is 36.7 Å². The van der Waals surface area contributed by atoms with Gasteiger partial charge in [-0.1, -0.05) is 0 Å². The summed E-state index contributed by atoms with van der Waals surface area (Å²) in [6, 6.07) is 8.25. The van der Waals surface area contributed by atoms with Crippen molar-refractivity contribution in [3.8, 4) is 11.5 Å². The number of rotatable bonds is 3. The molecular weight excluding hydrogens is 336 g/mol. The quantitative estimate of drug-likeness (QED) is 0.884. The Labute approximate surface area is 150 Å². The fourth-order valence-electron chi connectivity index (χ4n) is 3.00. The van der Waals surface area contributed by atoms with Crippen molar-refractivity contribution in [3.63, 3.8) is 0 Å². The maximum Gasteiger partial charge on any atom is 0.324 e. The number of carbonyl (C=O) groups is 2. The third kappa shape index (κ3) is 3.26. The SMILES string of the molecule is O=C(Nc1ccc2c(c1)OCCO2)Nc1ncccc1N1CCCC1=O. The zero-order valence-corrected chi connectivity index (χ0v) is 14.0. The van der Waals surface area contributed by atoms with E-state index in [0.29, 0.717) is 54.9 Å². The average molecular weight is 354 g/mol. The number of hydrogen-bond donors (Lipinski definition) is 2. The fourth-order valence-corrected chi connectivity index (χ4v) is 3.00. The summed E-state index contributed by atoms with van der Waals surface area (Å²) in [5.41, 5.74) is 1.17. The Balaban J connectivity index is 1.48. The first kappa shape index (κ1) is 16.2. The van der Waals surface area contributed by atoms with Crippen LogP contribution in [0.25, 0.3) is 0 Å². The number of nitrogens with zero attached hydrogens (tertiary/aromatic N) is 2. The van der Waals surface area contributed by atoms with E-state index in [-0.39, 0.29) is 5.91 Å². The fraction of sp³-hybridized carbons (Fsp3) is 0.278. The highest BCUT2D eigenvalue weighted by Gasteiger charge is 2.25. The molecule has 8 nitrogen and oxygen atoms in total. The Bertz CT molecular complexity index is 855. The molecule has 134 valence electrons. The predicted octanol–water partition coefficient (Wildman–Crippen LogP) is 2.62. The molecule has 0 spiro atoms. The molecule has 0 saturated carbocycles. The lowest BCUT2D eigenvalue weighted by Gasteiger charge is -2.20. The van der Waals surface area contributed by atoms with Gasteiger partial charge in [-0.25, -0.2) is 9.78 Å². The standard InChI is InChI=1S/C18H18N4O4/c23-16-4-2-8-22(16)13-3-1-7-19-17(13)21-18(24)20-12-5-6-14-15(11-12)26-10-9-25-14/h1,3,5-7,11H,2,4,8-10H2,(H2,19,20,21,24). The third-order valence-electron chi connectivity index (χ3n) is 4.18. The number of carbonyl (C=O) groups excluding carboxylic acids is 2. The normalized spacial score (nSPS) is 15.7. The van der Waals surface area contributed by atoms with E-state index in [4.69, 9.17) is 9.47 Å². The van der Waals surface area contributed by atoms with Crippen molar-refractivity contribution in [1.29, 1.82) is 0 Å². The molecule has 4 rings (SSSR count). The van der Waals surface area contributed by atoms with Crippen molar-refractivity contribution < 1.29 is 19.1 Å². The van der Waals surface area contributed by atoms with Gasteiger partial charge in [-0.05, 0) is 30.7 Å². The highest BCUT2D eigenvalue weighted by Crippen LogP contribution is 2.33. The van der Waals surface area contributed by atoms with E-state index in [9.17, 15) is 9.59 Å². The summed E-state index contributed by atoms with van der Waals surface area (Å²) < 4.78 is 11.0. The molecule has 0 unspecified atom stereocenters. The topological polar surface area (TPSA) is 92.8 Å². The number of fused-ring (bicyclic) bond motifs is 1. The highest BCUT2D eigenvalue weighted by molar-refractivity contribution is 6.04. The van der Waals surface area contributed by atoms with Crippen LogP contribution in [-0.2, 0) is 4.79 Å². The van der Waals surface area contributed by atoms with E-state index in [0.717, 1.165) is 6.42 Å². The van der Waals surface area contributed by atoms with Gasteiger partial charge in [0.05, 0.1) is 5.69 Å². The minimum absolute atomic E-state index is 0.0355. The van der Waals surface area contributed by atoms with E-state index < -0.39 is 6.03 Å².